The largest absolute Gasteiger partial charge is 0.493 e. The van der Waals surface area contributed by atoms with E-state index in [2.05, 4.69) is 0 Å². The number of alkyl halides is 3. The molecule has 0 heterocycles. The molecular weight excluding hydrogens is 277 g/mol. The molecule has 114 valence electrons. The standard InChI is InChI=1S/C13H17F3O4/c1-18-10-6-9(8-17)7-11(19-2)12(10)20-5-3-4-13(14,15)16/h6-7,17H,3-5,8H2,1-2H3. The highest BCUT2D eigenvalue weighted by molar-refractivity contribution is 5.53. The number of hydrogen-bond donors (Lipinski definition) is 1. The third-order valence-corrected chi connectivity index (χ3v) is 2.55. The normalized spacial score (nSPS) is 11.3. The van der Waals surface area contributed by atoms with E-state index in [9.17, 15) is 13.2 Å². The van der Waals surface area contributed by atoms with Gasteiger partial charge in [0.15, 0.2) is 11.5 Å². The molecule has 20 heavy (non-hydrogen) atoms. The van der Waals surface area contributed by atoms with Crippen molar-refractivity contribution in [2.75, 3.05) is 20.8 Å². The second-order valence-corrected chi connectivity index (χ2v) is 4.05. The van der Waals surface area contributed by atoms with Crippen LogP contribution >= 0.6 is 0 Å². The molecular formula is C13H17F3O4. The first kappa shape index (κ1) is 16.4. The number of aliphatic hydroxyl groups is 1. The Kier molecular flexibility index (Phi) is 5.94. The third-order valence-electron chi connectivity index (χ3n) is 2.55. The van der Waals surface area contributed by atoms with Crippen LogP contribution in [0.3, 0.4) is 0 Å². The van der Waals surface area contributed by atoms with Crippen molar-refractivity contribution < 1.29 is 32.5 Å². The zero-order chi connectivity index (χ0) is 15.2. The summed E-state index contributed by atoms with van der Waals surface area (Å²) in [5.41, 5.74) is 0.557. The fourth-order valence-electron chi connectivity index (χ4n) is 1.61. The van der Waals surface area contributed by atoms with Gasteiger partial charge in [0.05, 0.1) is 27.4 Å². The van der Waals surface area contributed by atoms with Gasteiger partial charge in [0.25, 0.3) is 0 Å². The highest BCUT2D eigenvalue weighted by atomic mass is 19.4. The van der Waals surface area contributed by atoms with E-state index >= 15 is 0 Å². The van der Waals surface area contributed by atoms with E-state index < -0.39 is 12.6 Å². The molecule has 0 spiro atoms. The number of halogens is 3. The van der Waals surface area contributed by atoms with Crippen molar-refractivity contribution in [2.45, 2.75) is 25.6 Å². The lowest BCUT2D eigenvalue weighted by molar-refractivity contribution is -0.136. The number of rotatable bonds is 7. The second kappa shape index (κ2) is 7.23. The molecule has 0 aliphatic heterocycles. The van der Waals surface area contributed by atoms with Crippen LogP contribution < -0.4 is 14.2 Å². The van der Waals surface area contributed by atoms with Crippen molar-refractivity contribution in [2.24, 2.45) is 0 Å². The van der Waals surface area contributed by atoms with Crippen molar-refractivity contribution in [1.29, 1.82) is 0 Å². The van der Waals surface area contributed by atoms with E-state index in [0.29, 0.717) is 17.1 Å². The Morgan fingerprint density at radius 2 is 1.65 bits per heavy atom. The highest BCUT2D eigenvalue weighted by Crippen LogP contribution is 2.38. The predicted molar refractivity (Wildman–Crippen MR) is 66.3 cm³/mol. The van der Waals surface area contributed by atoms with Gasteiger partial charge in [0.2, 0.25) is 5.75 Å². The fraction of sp³-hybridized carbons (Fsp3) is 0.538. The minimum Gasteiger partial charge on any atom is -0.493 e. The van der Waals surface area contributed by atoms with Crippen LogP contribution in [0.15, 0.2) is 12.1 Å². The molecule has 1 rings (SSSR count). The first-order valence-electron chi connectivity index (χ1n) is 5.96. The highest BCUT2D eigenvalue weighted by Gasteiger charge is 2.26. The van der Waals surface area contributed by atoms with Crippen molar-refractivity contribution in [1.82, 2.24) is 0 Å². The topological polar surface area (TPSA) is 47.9 Å². The van der Waals surface area contributed by atoms with E-state index in [1.165, 1.54) is 14.2 Å². The van der Waals surface area contributed by atoms with Crippen molar-refractivity contribution in [3.05, 3.63) is 17.7 Å². The Labute approximate surface area is 115 Å². The van der Waals surface area contributed by atoms with Crippen LogP contribution in [0.5, 0.6) is 17.2 Å². The Morgan fingerprint density at radius 1 is 1.10 bits per heavy atom. The summed E-state index contributed by atoms with van der Waals surface area (Å²) < 4.78 is 51.6. The number of benzene rings is 1. The molecule has 0 saturated carbocycles. The van der Waals surface area contributed by atoms with Gasteiger partial charge in [-0.2, -0.15) is 13.2 Å². The van der Waals surface area contributed by atoms with Crippen LogP contribution in [0, 0.1) is 0 Å². The van der Waals surface area contributed by atoms with Crippen LogP contribution in [-0.4, -0.2) is 32.1 Å². The molecule has 1 aromatic rings. The third kappa shape index (κ3) is 4.80. The Balaban J connectivity index is 2.77. The molecule has 0 aliphatic rings. The minimum atomic E-state index is -4.20. The number of methoxy groups -OCH3 is 2. The van der Waals surface area contributed by atoms with Gasteiger partial charge < -0.3 is 19.3 Å². The first-order valence-corrected chi connectivity index (χ1v) is 5.96. The van der Waals surface area contributed by atoms with E-state index in [4.69, 9.17) is 19.3 Å². The smallest absolute Gasteiger partial charge is 0.389 e. The Bertz CT molecular complexity index is 407. The van der Waals surface area contributed by atoms with Gasteiger partial charge in [-0.15, -0.1) is 0 Å². The number of hydrogen-bond acceptors (Lipinski definition) is 4. The molecule has 1 N–H and O–H groups in total. The fourth-order valence-corrected chi connectivity index (χ4v) is 1.61. The van der Waals surface area contributed by atoms with Crippen molar-refractivity contribution >= 4 is 0 Å². The molecule has 0 unspecified atom stereocenters. The van der Waals surface area contributed by atoms with E-state index in [0.717, 1.165) is 0 Å². The molecule has 0 radical (unpaired) electrons. The van der Waals surface area contributed by atoms with Crippen LogP contribution in [0.4, 0.5) is 13.2 Å². The SMILES string of the molecule is COc1cc(CO)cc(OC)c1OCCCC(F)(F)F. The maximum atomic E-state index is 12.0. The molecule has 0 bridgehead atoms. The summed E-state index contributed by atoms with van der Waals surface area (Å²) in [6, 6.07) is 3.09. The minimum absolute atomic E-state index is 0.106. The average molecular weight is 294 g/mol. The Hall–Kier alpha value is -1.63. The van der Waals surface area contributed by atoms with E-state index in [1.807, 2.05) is 0 Å². The summed E-state index contributed by atoms with van der Waals surface area (Å²) in [5.74, 6) is 0.843. The summed E-state index contributed by atoms with van der Waals surface area (Å²) in [4.78, 5) is 0. The zero-order valence-corrected chi connectivity index (χ0v) is 11.3. The van der Waals surface area contributed by atoms with Gasteiger partial charge in [-0.1, -0.05) is 0 Å². The Morgan fingerprint density at radius 3 is 2.05 bits per heavy atom. The molecule has 7 heteroatoms. The molecule has 0 aromatic heterocycles. The lowest BCUT2D eigenvalue weighted by Crippen LogP contribution is -2.10. The molecule has 4 nitrogen and oxygen atoms in total. The molecule has 0 aliphatic carbocycles. The lowest BCUT2D eigenvalue weighted by atomic mass is 10.2. The van der Waals surface area contributed by atoms with Gasteiger partial charge in [0, 0.05) is 6.42 Å². The maximum absolute atomic E-state index is 12.0. The molecule has 1 aromatic carbocycles. The van der Waals surface area contributed by atoms with Crippen LogP contribution in [0.1, 0.15) is 18.4 Å². The monoisotopic (exact) mass is 294 g/mol. The van der Waals surface area contributed by atoms with Crippen LogP contribution in [0.2, 0.25) is 0 Å². The van der Waals surface area contributed by atoms with Crippen LogP contribution in [-0.2, 0) is 6.61 Å². The van der Waals surface area contributed by atoms with Crippen molar-refractivity contribution in [3.8, 4) is 17.2 Å². The summed E-state index contributed by atoms with van der Waals surface area (Å²) in [6.45, 7) is -0.314. The van der Waals surface area contributed by atoms with E-state index in [-0.39, 0.29) is 25.4 Å². The zero-order valence-electron chi connectivity index (χ0n) is 11.3. The van der Waals surface area contributed by atoms with Crippen molar-refractivity contribution in [3.63, 3.8) is 0 Å². The second-order valence-electron chi connectivity index (χ2n) is 4.05. The molecule has 0 amide bonds. The lowest BCUT2D eigenvalue weighted by Gasteiger charge is -2.16. The quantitative estimate of drug-likeness (QED) is 0.786. The van der Waals surface area contributed by atoms with Crippen LogP contribution in [0.25, 0.3) is 0 Å². The number of ether oxygens (including phenoxy) is 3. The molecule has 0 fully saturated rings. The van der Waals surface area contributed by atoms with Gasteiger partial charge in [-0.05, 0) is 24.1 Å². The number of aliphatic hydroxyl groups excluding tert-OH is 1. The summed E-state index contributed by atoms with van der Waals surface area (Å²) in [5, 5.41) is 9.10. The summed E-state index contributed by atoms with van der Waals surface area (Å²) in [7, 11) is 2.80. The van der Waals surface area contributed by atoms with Gasteiger partial charge in [0.1, 0.15) is 0 Å². The maximum Gasteiger partial charge on any atom is 0.389 e. The van der Waals surface area contributed by atoms with Gasteiger partial charge in [-0.3, -0.25) is 0 Å². The summed E-state index contributed by atoms with van der Waals surface area (Å²) in [6.07, 6.45) is -5.26. The predicted octanol–water partition coefficient (Wildman–Crippen LogP) is 2.92. The first-order chi connectivity index (χ1) is 9.41. The average Bonchev–Trinajstić information content (AvgIpc) is 2.41. The molecule has 0 atom stereocenters. The molecule has 0 saturated heterocycles. The summed E-state index contributed by atoms with van der Waals surface area (Å²) >= 11 is 0. The van der Waals surface area contributed by atoms with Gasteiger partial charge in [-0.25, -0.2) is 0 Å². The van der Waals surface area contributed by atoms with Gasteiger partial charge >= 0.3 is 6.18 Å². The van der Waals surface area contributed by atoms with E-state index in [1.54, 1.807) is 12.1 Å².